The number of carbonyl (C=O) groups excluding carboxylic acids is 3. The molecule has 1 rings (SSSR count). The van der Waals surface area contributed by atoms with Gasteiger partial charge in [0, 0.05) is 6.08 Å². The summed E-state index contributed by atoms with van der Waals surface area (Å²) in [5.41, 5.74) is -0.597. The van der Waals surface area contributed by atoms with Gasteiger partial charge in [0.15, 0.2) is 11.6 Å². The fourth-order valence-corrected chi connectivity index (χ4v) is 0.802. The normalized spacial score (nSPS) is 15.5. The molecule has 5 nitrogen and oxygen atoms in total. The van der Waals surface area contributed by atoms with E-state index in [1.54, 1.807) is 0 Å². The SMILES string of the molecule is O=C1C=CC(=O)C(C(=O)C(=O)O)=C1. The third-order valence-electron chi connectivity index (χ3n) is 1.39. The minimum absolute atomic E-state index is 0.566. The quantitative estimate of drug-likeness (QED) is 0.344. The van der Waals surface area contributed by atoms with E-state index in [1.807, 2.05) is 0 Å². The van der Waals surface area contributed by atoms with Crippen molar-refractivity contribution in [3.63, 3.8) is 0 Å². The zero-order chi connectivity index (χ0) is 10.0. The highest BCUT2D eigenvalue weighted by Gasteiger charge is 2.25. The monoisotopic (exact) mass is 180 g/mol. The van der Waals surface area contributed by atoms with Gasteiger partial charge in [0.2, 0.25) is 0 Å². The number of ketones is 3. The molecule has 1 N–H and O–H groups in total. The number of allylic oxidation sites excluding steroid dienone is 3. The molecule has 0 spiro atoms. The number of carboxylic acids is 1. The van der Waals surface area contributed by atoms with Crippen LogP contribution in [0.5, 0.6) is 0 Å². The number of carbonyl (C=O) groups is 4. The highest BCUT2D eigenvalue weighted by molar-refractivity contribution is 6.49. The van der Waals surface area contributed by atoms with Gasteiger partial charge in [-0.1, -0.05) is 0 Å². The van der Waals surface area contributed by atoms with Crippen LogP contribution in [0.4, 0.5) is 0 Å². The Hall–Kier alpha value is -2.04. The Labute approximate surface area is 72.3 Å². The van der Waals surface area contributed by atoms with Gasteiger partial charge in [0.05, 0.1) is 5.57 Å². The second kappa shape index (κ2) is 3.14. The smallest absolute Gasteiger partial charge is 0.377 e. The van der Waals surface area contributed by atoms with Gasteiger partial charge in [-0.05, 0) is 12.2 Å². The van der Waals surface area contributed by atoms with Gasteiger partial charge in [0.1, 0.15) is 0 Å². The van der Waals surface area contributed by atoms with E-state index in [0.29, 0.717) is 0 Å². The van der Waals surface area contributed by atoms with Crippen LogP contribution in [0.1, 0.15) is 0 Å². The number of Topliss-reactive ketones (excluding diaryl/α,β-unsaturated/α-hetero) is 1. The van der Waals surface area contributed by atoms with E-state index in [4.69, 9.17) is 5.11 Å². The molecule has 0 aliphatic heterocycles. The van der Waals surface area contributed by atoms with E-state index in [2.05, 4.69) is 0 Å². The largest absolute Gasteiger partial charge is 0.475 e. The summed E-state index contributed by atoms with van der Waals surface area (Å²) in [5.74, 6) is -4.43. The van der Waals surface area contributed by atoms with Crippen molar-refractivity contribution >= 4 is 23.3 Å². The van der Waals surface area contributed by atoms with E-state index < -0.39 is 28.9 Å². The number of hydrogen-bond acceptors (Lipinski definition) is 4. The van der Waals surface area contributed by atoms with Crippen molar-refractivity contribution in [1.29, 1.82) is 0 Å². The van der Waals surface area contributed by atoms with Crippen molar-refractivity contribution in [1.82, 2.24) is 0 Å². The van der Waals surface area contributed by atoms with Gasteiger partial charge < -0.3 is 5.11 Å². The summed E-state index contributed by atoms with van der Waals surface area (Å²) in [6.45, 7) is 0. The lowest BCUT2D eigenvalue weighted by Gasteiger charge is -2.01. The van der Waals surface area contributed by atoms with Gasteiger partial charge in [-0.15, -0.1) is 0 Å². The first-order chi connectivity index (χ1) is 6.02. The van der Waals surface area contributed by atoms with Gasteiger partial charge in [0.25, 0.3) is 5.78 Å². The van der Waals surface area contributed by atoms with Crippen LogP contribution in [0.15, 0.2) is 23.8 Å². The first kappa shape index (κ1) is 9.05. The molecule has 0 bridgehead atoms. The van der Waals surface area contributed by atoms with E-state index in [1.165, 1.54) is 0 Å². The van der Waals surface area contributed by atoms with Crippen molar-refractivity contribution in [2.75, 3.05) is 0 Å². The molecule has 1 aliphatic carbocycles. The lowest BCUT2D eigenvalue weighted by molar-refractivity contribution is -0.147. The molecule has 66 valence electrons. The summed E-state index contributed by atoms with van der Waals surface area (Å²) in [6, 6.07) is 0. The number of aliphatic carboxylic acids is 1. The topological polar surface area (TPSA) is 88.5 Å². The fourth-order valence-electron chi connectivity index (χ4n) is 0.802. The average molecular weight is 180 g/mol. The van der Waals surface area contributed by atoms with Gasteiger partial charge >= 0.3 is 5.97 Å². The van der Waals surface area contributed by atoms with Crippen LogP contribution in [-0.2, 0) is 19.2 Å². The van der Waals surface area contributed by atoms with E-state index in [9.17, 15) is 19.2 Å². The maximum absolute atomic E-state index is 10.9. The van der Waals surface area contributed by atoms with Gasteiger partial charge in [-0.2, -0.15) is 0 Å². The van der Waals surface area contributed by atoms with Crippen molar-refractivity contribution in [3.05, 3.63) is 23.8 Å². The van der Waals surface area contributed by atoms with E-state index >= 15 is 0 Å². The van der Waals surface area contributed by atoms with Crippen LogP contribution in [0.25, 0.3) is 0 Å². The molecule has 5 heteroatoms. The molecule has 0 saturated carbocycles. The molecule has 13 heavy (non-hydrogen) atoms. The van der Waals surface area contributed by atoms with Crippen LogP contribution in [0.2, 0.25) is 0 Å². The average Bonchev–Trinajstić information content (AvgIpc) is 2.08. The molecule has 0 unspecified atom stereocenters. The Morgan fingerprint density at radius 3 is 2.31 bits per heavy atom. The molecule has 0 saturated heterocycles. The second-order valence-corrected chi connectivity index (χ2v) is 2.29. The summed E-state index contributed by atoms with van der Waals surface area (Å²) in [4.78, 5) is 42.5. The molecular weight excluding hydrogens is 176 g/mol. The van der Waals surface area contributed by atoms with Crippen molar-refractivity contribution in [2.45, 2.75) is 0 Å². The Morgan fingerprint density at radius 2 is 1.77 bits per heavy atom. The van der Waals surface area contributed by atoms with E-state index in [0.717, 1.165) is 18.2 Å². The maximum Gasteiger partial charge on any atom is 0.377 e. The maximum atomic E-state index is 10.9. The Bertz CT molecular complexity index is 372. The number of hydrogen-bond donors (Lipinski definition) is 1. The molecular formula is C8H4O5. The Morgan fingerprint density at radius 1 is 1.15 bits per heavy atom. The summed E-state index contributed by atoms with van der Waals surface area (Å²) in [6.07, 6.45) is 2.57. The molecule has 0 aromatic rings. The lowest BCUT2D eigenvalue weighted by atomic mass is 10.00. The van der Waals surface area contributed by atoms with Crippen LogP contribution >= 0.6 is 0 Å². The van der Waals surface area contributed by atoms with Gasteiger partial charge in [-0.25, -0.2) is 4.79 Å². The van der Waals surface area contributed by atoms with E-state index in [-0.39, 0.29) is 0 Å². The standard InChI is InChI=1S/C8H4O5/c9-4-1-2-6(10)5(3-4)7(11)8(12)13/h1-3H,(H,12,13). The molecule has 0 aromatic carbocycles. The predicted octanol–water partition coefficient (Wildman–Crippen LogP) is -0.726. The summed E-state index contributed by atoms with van der Waals surface area (Å²) in [7, 11) is 0. The molecule has 0 aromatic heterocycles. The molecule has 0 radical (unpaired) electrons. The van der Waals surface area contributed by atoms with Gasteiger partial charge in [-0.3, -0.25) is 14.4 Å². The van der Waals surface area contributed by atoms with Crippen molar-refractivity contribution in [3.8, 4) is 0 Å². The third-order valence-corrected chi connectivity index (χ3v) is 1.39. The Kier molecular flexibility index (Phi) is 2.19. The van der Waals surface area contributed by atoms with Crippen LogP contribution in [-0.4, -0.2) is 28.4 Å². The highest BCUT2D eigenvalue weighted by Crippen LogP contribution is 2.06. The first-order valence-electron chi connectivity index (χ1n) is 3.28. The fraction of sp³-hybridized carbons (Fsp3) is 0. The highest BCUT2D eigenvalue weighted by atomic mass is 16.4. The van der Waals surface area contributed by atoms with Crippen molar-refractivity contribution < 1.29 is 24.3 Å². The zero-order valence-electron chi connectivity index (χ0n) is 6.31. The minimum Gasteiger partial charge on any atom is -0.475 e. The van der Waals surface area contributed by atoms with Crippen molar-refractivity contribution in [2.24, 2.45) is 0 Å². The summed E-state index contributed by atoms with van der Waals surface area (Å²) < 4.78 is 0. The van der Waals surface area contributed by atoms with Crippen LogP contribution in [0, 0.1) is 0 Å². The number of rotatable bonds is 2. The summed E-state index contributed by atoms with van der Waals surface area (Å²) in [5, 5.41) is 8.26. The molecule has 1 aliphatic rings. The molecule has 0 atom stereocenters. The zero-order valence-corrected chi connectivity index (χ0v) is 6.31. The first-order valence-corrected chi connectivity index (χ1v) is 3.28. The molecule has 0 heterocycles. The second-order valence-electron chi connectivity index (χ2n) is 2.29. The number of carboxylic acid groups (broad SMARTS) is 1. The molecule has 0 amide bonds. The van der Waals surface area contributed by atoms with Crippen LogP contribution in [0.3, 0.4) is 0 Å². The lowest BCUT2D eigenvalue weighted by Crippen LogP contribution is -2.22. The molecule has 0 fully saturated rings. The Balaban J connectivity index is 3.04. The minimum atomic E-state index is -1.75. The van der Waals surface area contributed by atoms with Crippen LogP contribution < -0.4 is 0 Å². The summed E-state index contributed by atoms with van der Waals surface area (Å²) >= 11 is 0. The third kappa shape index (κ3) is 1.76. The predicted molar refractivity (Wildman–Crippen MR) is 39.9 cm³/mol.